The third kappa shape index (κ3) is 3.26. The lowest BCUT2D eigenvalue weighted by atomic mass is 10.1. The fraction of sp³-hybridized carbons (Fsp3) is 0.476. The number of nitrogens with one attached hydrogen (secondary N) is 1. The molecule has 1 aromatic carbocycles. The minimum absolute atomic E-state index is 0.141. The molecule has 2 fully saturated rings. The van der Waals surface area contributed by atoms with E-state index in [1.807, 2.05) is 6.07 Å². The summed E-state index contributed by atoms with van der Waals surface area (Å²) in [5.41, 5.74) is -0.801. The van der Waals surface area contributed by atoms with Crippen LogP contribution in [0.25, 0.3) is 10.3 Å². The summed E-state index contributed by atoms with van der Waals surface area (Å²) in [5, 5.41) is 4.25. The molecule has 2 aliphatic rings. The molecule has 3 aromatic rings. The normalized spacial score (nSPS) is 19.9. The number of benzene rings is 1. The SMILES string of the molecule is COc1ccc(Cn2c(C3(F)CC3)nc3sc([C@H]4CCCN4)nc3c2=O)c(OC)c1. The van der Waals surface area contributed by atoms with E-state index in [1.165, 1.54) is 15.9 Å². The lowest BCUT2D eigenvalue weighted by Gasteiger charge is -2.16. The monoisotopic (exact) mass is 430 g/mol. The minimum atomic E-state index is -1.55. The van der Waals surface area contributed by atoms with E-state index in [0.717, 1.165) is 30.0 Å². The summed E-state index contributed by atoms with van der Waals surface area (Å²) in [5.74, 6) is 1.41. The van der Waals surface area contributed by atoms with Crippen molar-refractivity contribution in [2.24, 2.45) is 0 Å². The molecule has 1 N–H and O–H groups in total. The van der Waals surface area contributed by atoms with Gasteiger partial charge in [0.05, 0.1) is 26.8 Å². The van der Waals surface area contributed by atoms with E-state index in [-0.39, 0.29) is 24.0 Å². The minimum Gasteiger partial charge on any atom is -0.497 e. The predicted molar refractivity (Wildman–Crippen MR) is 112 cm³/mol. The molecule has 0 bridgehead atoms. The highest BCUT2D eigenvalue weighted by atomic mass is 32.1. The Kier molecular flexibility index (Phi) is 4.74. The van der Waals surface area contributed by atoms with Crippen molar-refractivity contribution < 1.29 is 13.9 Å². The number of alkyl halides is 1. The van der Waals surface area contributed by atoms with E-state index in [4.69, 9.17) is 9.47 Å². The second-order valence-corrected chi connectivity index (χ2v) is 8.83. The number of methoxy groups -OCH3 is 2. The lowest BCUT2D eigenvalue weighted by Crippen LogP contribution is -2.29. The molecule has 7 nitrogen and oxygen atoms in total. The zero-order chi connectivity index (χ0) is 20.9. The zero-order valence-corrected chi connectivity index (χ0v) is 17.7. The quantitative estimate of drug-likeness (QED) is 0.647. The molecule has 30 heavy (non-hydrogen) atoms. The molecule has 1 saturated heterocycles. The van der Waals surface area contributed by atoms with E-state index in [2.05, 4.69) is 15.3 Å². The van der Waals surface area contributed by atoms with Gasteiger partial charge in [0.1, 0.15) is 16.5 Å². The maximum atomic E-state index is 15.2. The van der Waals surface area contributed by atoms with Gasteiger partial charge in [0, 0.05) is 11.6 Å². The van der Waals surface area contributed by atoms with Crippen molar-refractivity contribution in [3.05, 3.63) is 44.9 Å². The van der Waals surface area contributed by atoms with E-state index < -0.39 is 5.67 Å². The number of halogens is 1. The number of hydrogen-bond donors (Lipinski definition) is 1. The molecule has 1 atom stereocenters. The van der Waals surface area contributed by atoms with Gasteiger partial charge in [0.2, 0.25) is 0 Å². The van der Waals surface area contributed by atoms with Crippen LogP contribution < -0.4 is 20.3 Å². The van der Waals surface area contributed by atoms with Crippen molar-refractivity contribution in [3.8, 4) is 11.5 Å². The smallest absolute Gasteiger partial charge is 0.281 e. The summed E-state index contributed by atoms with van der Waals surface area (Å²) in [6.07, 6.45) is 2.81. The van der Waals surface area contributed by atoms with Gasteiger partial charge in [0.15, 0.2) is 21.8 Å². The first-order chi connectivity index (χ1) is 14.5. The van der Waals surface area contributed by atoms with Gasteiger partial charge in [-0.25, -0.2) is 14.4 Å². The number of ether oxygens (including phenoxy) is 2. The molecular formula is C21H23FN4O3S. The number of nitrogens with zero attached hydrogens (tertiary/aromatic N) is 3. The van der Waals surface area contributed by atoms with Crippen molar-refractivity contribution in [1.82, 2.24) is 19.9 Å². The van der Waals surface area contributed by atoms with Crippen LogP contribution in [0.4, 0.5) is 4.39 Å². The van der Waals surface area contributed by atoms with Gasteiger partial charge in [-0.1, -0.05) is 11.3 Å². The fourth-order valence-electron chi connectivity index (χ4n) is 3.94. The lowest BCUT2D eigenvalue weighted by molar-refractivity contribution is 0.287. The average molecular weight is 431 g/mol. The van der Waals surface area contributed by atoms with Crippen LogP contribution in [0, 0.1) is 0 Å². The standard InChI is InChI=1S/C21H23FN4O3S/c1-28-13-6-5-12(15(10-13)29-2)11-26-19(27)16-18(25-20(26)21(22)7-8-21)30-17(24-16)14-4-3-9-23-14/h5-6,10,14,23H,3-4,7-9,11H2,1-2H3/t14-/m1/s1. The maximum Gasteiger partial charge on any atom is 0.281 e. The Bertz CT molecular complexity index is 1170. The second-order valence-electron chi connectivity index (χ2n) is 7.82. The second kappa shape index (κ2) is 7.31. The van der Waals surface area contributed by atoms with Crippen LogP contribution in [-0.2, 0) is 12.2 Å². The van der Waals surface area contributed by atoms with Crippen LogP contribution in [0.3, 0.4) is 0 Å². The van der Waals surface area contributed by atoms with Crippen LogP contribution in [0.15, 0.2) is 23.0 Å². The average Bonchev–Trinajstić information content (AvgIpc) is 3.15. The molecule has 9 heteroatoms. The molecule has 158 valence electrons. The van der Waals surface area contributed by atoms with Gasteiger partial charge in [-0.15, -0.1) is 0 Å². The Balaban J connectivity index is 1.63. The topological polar surface area (TPSA) is 78.3 Å². The Labute approximate surface area is 176 Å². The Morgan fingerprint density at radius 3 is 2.80 bits per heavy atom. The van der Waals surface area contributed by atoms with Gasteiger partial charge in [-0.3, -0.25) is 9.36 Å². The fourth-order valence-corrected chi connectivity index (χ4v) is 4.98. The van der Waals surface area contributed by atoms with E-state index >= 15 is 4.39 Å². The summed E-state index contributed by atoms with van der Waals surface area (Å²) >= 11 is 1.39. The van der Waals surface area contributed by atoms with Crippen molar-refractivity contribution in [3.63, 3.8) is 0 Å². The summed E-state index contributed by atoms with van der Waals surface area (Å²) < 4.78 is 27.3. The molecule has 0 radical (unpaired) electrons. The molecule has 5 rings (SSSR count). The van der Waals surface area contributed by atoms with Crippen molar-refractivity contribution >= 4 is 21.7 Å². The molecule has 0 unspecified atom stereocenters. The van der Waals surface area contributed by atoms with Crippen LogP contribution in [-0.4, -0.2) is 35.3 Å². The van der Waals surface area contributed by atoms with Gasteiger partial charge in [-0.05, 0) is 44.4 Å². The largest absolute Gasteiger partial charge is 0.497 e. The molecular weight excluding hydrogens is 407 g/mol. The summed E-state index contributed by atoms with van der Waals surface area (Å²) in [6, 6.07) is 5.51. The van der Waals surface area contributed by atoms with Crippen LogP contribution in [0.2, 0.25) is 0 Å². The molecule has 1 aliphatic heterocycles. The first-order valence-electron chi connectivity index (χ1n) is 10.1. The molecule has 0 amide bonds. The van der Waals surface area contributed by atoms with E-state index in [9.17, 15) is 4.79 Å². The number of aromatic nitrogens is 3. The summed E-state index contributed by atoms with van der Waals surface area (Å²) in [7, 11) is 3.14. The molecule has 1 saturated carbocycles. The molecule has 0 spiro atoms. The Hall–Kier alpha value is -2.52. The summed E-state index contributed by atoms with van der Waals surface area (Å²) in [4.78, 5) is 23.1. The maximum absolute atomic E-state index is 15.2. The first kappa shape index (κ1) is 19.4. The summed E-state index contributed by atoms with van der Waals surface area (Å²) in [6.45, 7) is 1.10. The number of fused-ring (bicyclic) bond motifs is 1. The number of thiazole rings is 1. The highest BCUT2D eigenvalue weighted by Gasteiger charge is 2.49. The van der Waals surface area contributed by atoms with Gasteiger partial charge in [0.25, 0.3) is 5.56 Å². The van der Waals surface area contributed by atoms with E-state index in [1.54, 1.807) is 26.4 Å². The number of rotatable bonds is 6. The predicted octanol–water partition coefficient (Wildman–Crippen LogP) is 3.30. The molecule has 3 heterocycles. The van der Waals surface area contributed by atoms with Crippen molar-refractivity contribution in [1.29, 1.82) is 0 Å². The van der Waals surface area contributed by atoms with Gasteiger partial charge >= 0.3 is 0 Å². The highest BCUT2D eigenvalue weighted by Crippen LogP contribution is 2.49. The van der Waals surface area contributed by atoms with Gasteiger partial charge < -0.3 is 14.8 Å². The van der Waals surface area contributed by atoms with Crippen LogP contribution in [0.1, 0.15) is 48.1 Å². The molecule has 1 aliphatic carbocycles. The van der Waals surface area contributed by atoms with Crippen molar-refractivity contribution in [2.75, 3.05) is 20.8 Å². The van der Waals surface area contributed by atoms with Crippen LogP contribution in [0.5, 0.6) is 11.5 Å². The molecule has 2 aromatic heterocycles. The Morgan fingerprint density at radius 2 is 2.13 bits per heavy atom. The third-order valence-corrected chi connectivity index (χ3v) is 6.87. The zero-order valence-electron chi connectivity index (χ0n) is 16.9. The third-order valence-electron chi connectivity index (χ3n) is 5.81. The Morgan fingerprint density at radius 1 is 1.30 bits per heavy atom. The number of hydrogen-bond acceptors (Lipinski definition) is 7. The van der Waals surface area contributed by atoms with E-state index in [0.29, 0.717) is 34.7 Å². The van der Waals surface area contributed by atoms with Crippen LogP contribution >= 0.6 is 11.3 Å². The van der Waals surface area contributed by atoms with Crippen molar-refractivity contribution in [2.45, 2.75) is 43.9 Å². The first-order valence-corrected chi connectivity index (χ1v) is 10.9. The van der Waals surface area contributed by atoms with Gasteiger partial charge in [-0.2, -0.15) is 0 Å². The highest BCUT2D eigenvalue weighted by molar-refractivity contribution is 7.18.